The van der Waals surface area contributed by atoms with Gasteiger partial charge >= 0.3 is 0 Å². The molecular formula is C17H21Br7N4O. The fourth-order valence-corrected chi connectivity index (χ4v) is 4.75. The van der Waals surface area contributed by atoms with E-state index >= 15 is 0 Å². The Morgan fingerprint density at radius 2 is 1.24 bits per heavy atom. The molecule has 2 saturated carbocycles. The Balaban J connectivity index is 0.000000170. The largest absolute Gasteiger partial charge is 0.392 e. The maximum Gasteiger partial charge on any atom is 0.189 e. The lowest BCUT2D eigenvalue weighted by atomic mass is 9.93. The van der Waals surface area contributed by atoms with Crippen LogP contribution >= 0.6 is 112 Å². The van der Waals surface area contributed by atoms with E-state index in [0.717, 1.165) is 20.1 Å². The Kier molecular flexibility index (Phi) is 11.9. The van der Waals surface area contributed by atoms with Crippen LogP contribution in [0.15, 0.2) is 21.6 Å². The number of aromatic nitrogens is 4. The van der Waals surface area contributed by atoms with Gasteiger partial charge in [0.05, 0.1) is 31.1 Å². The molecule has 2 aliphatic rings. The first-order chi connectivity index (χ1) is 13.7. The molecule has 0 atom stereocenters. The summed E-state index contributed by atoms with van der Waals surface area (Å²) in [5.74, 6) is 0. The quantitative estimate of drug-likeness (QED) is 0.315. The third-order valence-electron chi connectivity index (χ3n) is 4.76. The number of hydrogen-bond donors (Lipinski definition) is 1. The molecule has 0 spiro atoms. The summed E-state index contributed by atoms with van der Waals surface area (Å²) >= 11 is 22.9. The number of alkyl halides is 5. The SMILES string of the molecule is BrC(Br)(Br)Br.BrCc1cnn(C2CCC2)c1Br.OCc1cnn(C2CCC2)c1Br. The molecule has 0 amide bonds. The number of aliphatic hydroxyl groups excluding tert-OH is 1. The van der Waals surface area contributed by atoms with Crippen molar-refractivity contribution in [1.29, 1.82) is 0 Å². The summed E-state index contributed by atoms with van der Waals surface area (Å²) in [6.45, 7) is 0.0628. The lowest BCUT2D eigenvalue weighted by molar-refractivity contribution is 0.273. The zero-order chi connectivity index (χ0) is 21.6. The highest BCUT2D eigenvalue weighted by atomic mass is 80.0. The minimum atomic E-state index is -0.250. The average Bonchev–Trinajstić information content (AvgIpc) is 3.08. The summed E-state index contributed by atoms with van der Waals surface area (Å²) in [7, 11) is 0. The van der Waals surface area contributed by atoms with Crippen LogP contribution in [0, 0.1) is 0 Å². The summed E-state index contributed by atoms with van der Waals surface area (Å²) in [5, 5.41) is 18.4. The van der Waals surface area contributed by atoms with E-state index in [1.54, 1.807) is 6.20 Å². The van der Waals surface area contributed by atoms with Crippen molar-refractivity contribution in [2.45, 2.75) is 63.6 Å². The van der Waals surface area contributed by atoms with E-state index in [-0.39, 0.29) is 7.66 Å². The number of hydrogen-bond acceptors (Lipinski definition) is 3. The molecular weight excluding hydrogens is 836 g/mol. The second kappa shape index (κ2) is 12.8. The van der Waals surface area contributed by atoms with Crippen LogP contribution in [0.5, 0.6) is 0 Å². The first kappa shape index (κ1) is 27.0. The predicted octanol–water partition coefficient (Wildman–Crippen LogP) is 8.31. The summed E-state index contributed by atoms with van der Waals surface area (Å²) in [6.07, 6.45) is 11.3. The van der Waals surface area contributed by atoms with E-state index in [4.69, 9.17) is 5.11 Å². The first-order valence-corrected chi connectivity index (χ1v) is 14.9. The minimum Gasteiger partial charge on any atom is -0.392 e. The Hall–Kier alpha value is 1.74. The normalized spacial score (nSPS) is 16.8. The van der Waals surface area contributed by atoms with Gasteiger partial charge in [0, 0.05) is 16.5 Å². The van der Waals surface area contributed by atoms with E-state index in [1.807, 2.05) is 10.9 Å². The van der Waals surface area contributed by atoms with Gasteiger partial charge in [-0.15, -0.1) is 0 Å². The summed E-state index contributed by atoms with van der Waals surface area (Å²) in [4.78, 5) is 0. The lowest BCUT2D eigenvalue weighted by Crippen LogP contribution is -2.18. The van der Waals surface area contributed by atoms with Gasteiger partial charge in [0.1, 0.15) is 9.21 Å². The summed E-state index contributed by atoms with van der Waals surface area (Å²) in [6, 6.07) is 1.20. The molecule has 2 aromatic heterocycles. The van der Waals surface area contributed by atoms with Crippen LogP contribution in [0.2, 0.25) is 0 Å². The highest BCUT2D eigenvalue weighted by Gasteiger charge is 2.23. The number of aliphatic hydroxyl groups is 1. The van der Waals surface area contributed by atoms with Crippen LogP contribution in [0.3, 0.4) is 0 Å². The van der Waals surface area contributed by atoms with Crippen molar-refractivity contribution in [3.63, 3.8) is 0 Å². The molecule has 2 heterocycles. The Labute approximate surface area is 230 Å². The molecule has 164 valence electrons. The van der Waals surface area contributed by atoms with Crippen molar-refractivity contribution in [3.8, 4) is 0 Å². The van der Waals surface area contributed by atoms with Crippen LogP contribution in [-0.4, -0.2) is 25.7 Å². The molecule has 0 radical (unpaired) electrons. The van der Waals surface area contributed by atoms with Gasteiger partial charge in [-0.1, -0.05) is 15.9 Å². The van der Waals surface area contributed by atoms with Crippen molar-refractivity contribution >= 4 is 112 Å². The van der Waals surface area contributed by atoms with Gasteiger partial charge in [0.2, 0.25) is 0 Å². The molecule has 5 nitrogen and oxygen atoms in total. The molecule has 0 aliphatic heterocycles. The zero-order valence-corrected chi connectivity index (χ0v) is 26.5. The molecule has 0 bridgehead atoms. The van der Waals surface area contributed by atoms with E-state index < -0.39 is 0 Å². The molecule has 2 fully saturated rings. The third-order valence-corrected chi connectivity index (χ3v) is 7.11. The predicted molar refractivity (Wildman–Crippen MR) is 143 cm³/mol. The summed E-state index contributed by atoms with van der Waals surface area (Å²) < 4.78 is 5.90. The minimum absolute atomic E-state index is 0.0628. The lowest BCUT2D eigenvalue weighted by Gasteiger charge is -2.26. The van der Waals surface area contributed by atoms with Gasteiger partial charge in [-0.05, 0) is 134 Å². The van der Waals surface area contributed by atoms with Gasteiger partial charge in [-0.2, -0.15) is 10.2 Å². The van der Waals surface area contributed by atoms with Crippen molar-refractivity contribution in [1.82, 2.24) is 19.6 Å². The Morgan fingerprint density at radius 1 is 0.862 bits per heavy atom. The molecule has 2 aromatic rings. The second-order valence-corrected chi connectivity index (χ2v) is 19.9. The zero-order valence-electron chi connectivity index (χ0n) is 15.3. The van der Waals surface area contributed by atoms with Gasteiger partial charge in [-0.3, -0.25) is 9.36 Å². The van der Waals surface area contributed by atoms with Gasteiger partial charge in [0.15, 0.2) is 1.05 Å². The average molecular weight is 857 g/mol. The highest BCUT2D eigenvalue weighted by Crippen LogP contribution is 2.39. The standard InChI is InChI=1S/C8H10Br2N2.C8H11BrN2O.CBr4/c9-4-6-5-11-12(8(6)10)7-2-1-3-7;9-8-6(5-12)4-10-11(8)7-2-1-3-7;2-1(3,4)5/h5,7H,1-4H2;4,7,12H,1-3,5H2;. The molecule has 0 saturated heterocycles. The number of rotatable bonds is 4. The van der Waals surface area contributed by atoms with E-state index in [2.05, 4.69) is 126 Å². The van der Waals surface area contributed by atoms with Gasteiger partial charge in [-0.25, -0.2) is 0 Å². The fraction of sp³-hybridized carbons (Fsp3) is 0.647. The van der Waals surface area contributed by atoms with Crippen LogP contribution in [-0.2, 0) is 11.9 Å². The molecule has 0 unspecified atom stereocenters. The van der Waals surface area contributed by atoms with E-state index in [9.17, 15) is 0 Å². The van der Waals surface area contributed by atoms with Crippen LogP contribution in [0.4, 0.5) is 0 Å². The summed E-state index contributed by atoms with van der Waals surface area (Å²) in [5.41, 5.74) is 2.11. The molecule has 2 aliphatic carbocycles. The van der Waals surface area contributed by atoms with Crippen LogP contribution in [0.1, 0.15) is 61.7 Å². The Bertz CT molecular complexity index is 702. The van der Waals surface area contributed by atoms with Crippen molar-refractivity contribution in [3.05, 3.63) is 32.7 Å². The molecule has 29 heavy (non-hydrogen) atoms. The monoisotopic (exact) mass is 850 g/mol. The first-order valence-electron chi connectivity index (χ1n) is 9.01. The van der Waals surface area contributed by atoms with E-state index in [0.29, 0.717) is 12.1 Å². The maximum absolute atomic E-state index is 8.92. The van der Waals surface area contributed by atoms with Crippen LogP contribution < -0.4 is 0 Å². The van der Waals surface area contributed by atoms with Crippen molar-refractivity contribution in [2.24, 2.45) is 0 Å². The van der Waals surface area contributed by atoms with Crippen molar-refractivity contribution < 1.29 is 5.11 Å². The van der Waals surface area contributed by atoms with Gasteiger partial charge < -0.3 is 5.11 Å². The third kappa shape index (κ3) is 8.55. The molecule has 12 heteroatoms. The number of halogens is 7. The van der Waals surface area contributed by atoms with Gasteiger partial charge in [0.25, 0.3) is 0 Å². The highest BCUT2D eigenvalue weighted by molar-refractivity contribution is 9.52. The molecule has 1 N–H and O–H groups in total. The smallest absolute Gasteiger partial charge is 0.189 e. The Morgan fingerprint density at radius 3 is 1.48 bits per heavy atom. The van der Waals surface area contributed by atoms with E-state index in [1.165, 1.54) is 44.1 Å². The van der Waals surface area contributed by atoms with Crippen molar-refractivity contribution in [2.75, 3.05) is 0 Å². The topological polar surface area (TPSA) is 55.9 Å². The number of nitrogens with zero attached hydrogens (tertiary/aromatic N) is 4. The maximum atomic E-state index is 8.92. The second-order valence-electron chi connectivity index (χ2n) is 6.70. The molecule has 0 aromatic carbocycles. The van der Waals surface area contributed by atoms with Crippen LogP contribution in [0.25, 0.3) is 0 Å². The molecule has 4 rings (SSSR count). The fourth-order valence-electron chi connectivity index (χ4n) is 2.73.